The Morgan fingerprint density at radius 1 is 1.67 bits per heavy atom. The Balaban J connectivity index is 2.41. The van der Waals surface area contributed by atoms with Gasteiger partial charge in [-0.3, -0.25) is 0 Å². The van der Waals surface area contributed by atoms with Gasteiger partial charge in [-0.25, -0.2) is 9.97 Å². The van der Waals surface area contributed by atoms with Crippen LogP contribution < -0.4 is 5.32 Å². The van der Waals surface area contributed by atoms with E-state index in [2.05, 4.69) is 15.3 Å². The van der Waals surface area contributed by atoms with E-state index in [1.165, 1.54) is 6.20 Å². The van der Waals surface area contributed by atoms with Crippen molar-refractivity contribution in [2.24, 2.45) is 0 Å². The van der Waals surface area contributed by atoms with Gasteiger partial charge in [-0.05, 0) is 18.9 Å². The van der Waals surface area contributed by atoms with Gasteiger partial charge < -0.3 is 10.4 Å². The van der Waals surface area contributed by atoms with E-state index < -0.39 is 0 Å². The van der Waals surface area contributed by atoms with E-state index in [0.717, 1.165) is 6.42 Å². The quantitative estimate of drug-likeness (QED) is 0.748. The summed E-state index contributed by atoms with van der Waals surface area (Å²) < 4.78 is 0. The first kappa shape index (κ1) is 11.4. The highest BCUT2D eigenvalue weighted by Crippen LogP contribution is 2.01. The third kappa shape index (κ3) is 3.92. The molecule has 80 valence electrons. The third-order valence-corrected chi connectivity index (χ3v) is 2.00. The summed E-state index contributed by atoms with van der Waals surface area (Å²) in [6.45, 7) is 2.53. The second-order valence-electron chi connectivity index (χ2n) is 3.15. The number of nitrogens with zero attached hydrogens (tertiary/aromatic N) is 3. The summed E-state index contributed by atoms with van der Waals surface area (Å²) in [5, 5.41) is 20.9. The molecule has 0 aromatic carbocycles. The number of hydrogen-bond donors (Lipinski definition) is 2. The maximum absolute atomic E-state index is 9.30. The van der Waals surface area contributed by atoms with E-state index in [0.29, 0.717) is 24.6 Å². The fraction of sp³-hybridized carbons (Fsp3) is 0.500. The van der Waals surface area contributed by atoms with Crippen molar-refractivity contribution in [3.63, 3.8) is 0 Å². The van der Waals surface area contributed by atoms with Gasteiger partial charge in [0.1, 0.15) is 11.8 Å². The van der Waals surface area contributed by atoms with E-state index in [9.17, 15) is 5.11 Å². The molecule has 1 aromatic rings. The van der Waals surface area contributed by atoms with Gasteiger partial charge in [-0.15, -0.1) is 0 Å². The summed E-state index contributed by atoms with van der Waals surface area (Å²) in [6.07, 6.45) is 2.62. The Morgan fingerprint density at radius 2 is 2.47 bits per heavy atom. The summed E-state index contributed by atoms with van der Waals surface area (Å²) in [5.74, 6) is 0.428. The topological polar surface area (TPSA) is 81.8 Å². The van der Waals surface area contributed by atoms with Gasteiger partial charge >= 0.3 is 0 Å². The Bertz CT molecular complexity index is 348. The maximum atomic E-state index is 9.30. The van der Waals surface area contributed by atoms with Crippen LogP contribution in [0.4, 0.5) is 5.95 Å². The number of nitrogens with one attached hydrogen (secondary N) is 1. The number of anilines is 1. The minimum absolute atomic E-state index is 0.295. The van der Waals surface area contributed by atoms with Crippen LogP contribution in [0.3, 0.4) is 0 Å². The van der Waals surface area contributed by atoms with Crippen molar-refractivity contribution in [3.05, 3.63) is 18.0 Å². The number of aliphatic hydroxyl groups is 1. The van der Waals surface area contributed by atoms with Crippen molar-refractivity contribution in [3.8, 4) is 6.07 Å². The highest BCUT2D eigenvalue weighted by atomic mass is 16.3. The van der Waals surface area contributed by atoms with Crippen LogP contribution in [0.5, 0.6) is 0 Å². The molecule has 1 rings (SSSR count). The molecule has 0 aliphatic carbocycles. The number of rotatable bonds is 5. The average Bonchev–Trinajstić information content (AvgIpc) is 2.29. The fourth-order valence-electron chi connectivity index (χ4n) is 1.06. The highest BCUT2D eigenvalue weighted by Gasteiger charge is 2.01. The molecule has 0 radical (unpaired) electrons. The van der Waals surface area contributed by atoms with Crippen molar-refractivity contribution in [1.82, 2.24) is 9.97 Å². The molecule has 1 heterocycles. The van der Waals surface area contributed by atoms with Crippen LogP contribution in [0.15, 0.2) is 12.3 Å². The summed E-state index contributed by atoms with van der Waals surface area (Å²) in [6, 6.07) is 3.48. The van der Waals surface area contributed by atoms with E-state index in [1.54, 1.807) is 6.07 Å². The van der Waals surface area contributed by atoms with Crippen LogP contribution in [0.1, 0.15) is 25.5 Å². The highest BCUT2D eigenvalue weighted by molar-refractivity contribution is 5.29. The van der Waals surface area contributed by atoms with Gasteiger partial charge in [0.05, 0.1) is 6.10 Å². The lowest BCUT2D eigenvalue weighted by atomic mass is 10.2. The van der Waals surface area contributed by atoms with E-state index in [1.807, 2.05) is 13.0 Å². The molecular weight excluding hydrogens is 192 g/mol. The first-order valence-electron chi connectivity index (χ1n) is 4.91. The SMILES string of the molecule is CCC(O)CCNc1nccc(C#N)n1. The third-order valence-electron chi connectivity index (χ3n) is 2.00. The zero-order valence-electron chi connectivity index (χ0n) is 8.64. The maximum Gasteiger partial charge on any atom is 0.223 e. The minimum atomic E-state index is -0.295. The predicted octanol–water partition coefficient (Wildman–Crippen LogP) is 0.921. The molecule has 0 saturated heterocycles. The number of nitriles is 1. The fourth-order valence-corrected chi connectivity index (χ4v) is 1.06. The molecule has 5 nitrogen and oxygen atoms in total. The van der Waals surface area contributed by atoms with E-state index >= 15 is 0 Å². The zero-order chi connectivity index (χ0) is 11.1. The van der Waals surface area contributed by atoms with Crippen molar-refractivity contribution in [2.75, 3.05) is 11.9 Å². The second kappa shape index (κ2) is 5.94. The summed E-state index contributed by atoms with van der Waals surface area (Å²) >= 11 is 0. The van der Waals surface area contributed by atoms with Gasteiger partial charge in [-0.2, -0.15) is 5.26 Å². The van der Waals surface area contributed by atoms with Crippen LogP contribution >= 0.6 is 0 Å². The van der Waals surface area contributed by atoms with Crippen LogP contribution in [0.2, 0.25) is 0 Å². The first-order valence-corrected chi connectivity index (χ1v) is 4.91. The molecule has 0 saturated carbocycles. The van der Waals surface area contributed by atoms with Gasteiger partial charge in [0, 0.05) is 12.7 Å². The number of aliphatic hydroxyl groups excluding tert-OH is 1. The minimum Gasteiger partial charge on any atom is -0.393 e. The molecule has 0 fully saturated rings. The Morgan fingerprint density at radius 3 is 3.13 bits per heavy atom. The molecule has 2 N–H and O–H groups in total. The molecule has 1 unspecified atom stereocenters. The lowest BCUT2D eigenvalue weighted by Crippen LogP contribution is -2.13. The first-order chi connectivity index (χ1) is 7.26. The summed E-state index contributed by atoms with van der Waals surface area (Å²) in [4.78, 5) is 7.90. The van der Waals surface area contributed by atoms with Gasteiger partial charge in [0.15, 0.2) is 0 Å². The molecule has 0 aliphatic heterocycles. The van der Waals surface area contributed by atoms with Crippen molar-refractivity contribution in [1.29, 1.82) is 5.26 Å². The molecule has 0 spiro atoms. The monoisotopic (exact) mass is 206 g/mol. The molecule has 5 heteroatoms. The molecule has 1 atom stereocenters. The van der Waals surface area contributed by atoms with Crippen LogP contribution in [0.25, 0.3) is 0 Å². The van der Waals surface area contributed by atoms with Crippen LogP contribution in [-0.4, -0.2) is 27.7 Å². The van der Waals surface area contributed by atoms with Gasteiger partial charge in [-0.1, -0.05) is 6.92 Å². The lowest BCUT2D eigenvalue weighted by molar-refractivity contribution is 0.164. The standard InChI is InChI=1S/C10H14N4O/c1-2-9(15)4-6-13-10-12-5-3-8(7-11)14-10/h3,5,9,15H,2,4,6H2,1H3,(H,12,13,14). The normalized spacial score (nSPS) is 11.8. The van der Waals surface area contributed by atoms with Crippen molar-refractivity contribution in [2.45, 2.75) is 25.9 Å². The zero-order valence-corrected chi connectivity index (χ0v) is 8.64. The van der Waals surface area contributed by atoms with Crippen molar-refractivity contribution < 1.29 is 5.11 Å². The summed E-state index contributed by atoms with van der Waals surface area (Å²) in [7, 11) is 0. The van der Waals surface area contributed by atoms with Crippen molar-refractivity contribution >= 4 is 5.95 Å². The molecular formula is C10H14N4O. The van der Waals surface area contributed by atoms with Crippen LogP contribution in [0, 0.1) is 11.3 Å². The molecule has 0 amide bonds. The smallest absolute Gasteiger partial charge is 0.223 e. The van der Waals surface area contributed by atoms with Gasteiger partial charge in [0.2, 0.25) is 5.95 Å². The summed E-state index contributed by atoms with van der Waals surface area (Å²) in [5.41, 5.74) is 0.337. The second-order valence-corrected chi connectivity index (χ2v) is 3.15. The lowest BCUT2D eigenvalue weighted by Gasteiger charge is -2.08. The van der Waals surface area contributed by atoms with Gasteiger partial charge in [0.25, 0.3) is 0 Å². The predicted molar refractivity (Wildman–Crippen MR) is 56.2 cm³/mol. The number of hydrogen-bond acceptors (Lipinski definition) is 5. The Kier molecular flexibility index (Phi) is 4.51. The average molecular weight is 206 g/mol. The Hall–Kier alpha value is -1.67. The molecule has 1 aromatic heterocycles. The van der Waals surface area contributed by atoms with E-state index in [-0.39, 0.29) is 6.10 Å². The molecule has 15 heavy (non-hydrogen) atoms. The number of aromatic nitrogens is 2. The largest absolute Gasteiger partial charge is 0.393 e. The van der Waals surface area contributed by atoms with Crippen LogP contribution in [-0.2, 0) is 0 Å². The molecule has 0 bridgehead atoms. The molecule has 0 aliphatic rings. The Labute approximate surface area is 88.8 Å². The van der Waals surface area contributed by atoms with E-state index in [4.69, 9.17) is 5.26 Å².